The van der Waals surface area contributed by atoms with Gasteiger partial charge in [-0.25, -0.2) is 25.9 Å². The second-order valence-electron chi connectivity index (χ2n) is 7.98. The maximum atomic E-state index is 13.3. The summed E-state index contributed by atoms with van der Waals surface area (Å²) in [7, 11) is -7.74. The summed E-state index contributed by atoms with van der Waals surface area (Å²) in [5, 5.41) is 0. The van der Waals surface area contributed by atoms with Crippen LogP contribution in [0.2, 0.25) is 0 Å². The van der Waals surface area contributed by atoms with E-state index in [0.29, 0.717) is 12.8 Å². The summed E-state index contributed by atoms with van der Waals surface area (Å²) in [6.07, 6.45) is 0.646. The van der Waals surface area contributed by atoms with Crippen molar-refractivity contribution in [2.45, 2.75) is 36.5 Å². The summed E-state index contributed by atoms with van der Waals surface area (Å²) in [4.78, 5) is 13.3. The van der Waals surface area contributed by atoms with Crippen LogP contribution in [0.5, 0.6) is 0 Å². The van der Waals surface area contributed by atoms with Gasteiger partial charge in [0.15, 0.2) is 0 Å². The fraction of sp³-hybridized carbons (Fsp3) is 0.240. The van der Waals surface area contributed by atoms with E-state index in [1.807, 2.05) is 13.8 Å². The lowest BCUT2D eigenvalue weighted by Gasteiger charge is -2.23. The number of carbonyl (C=O) groups is 1. The van der Waals surface area contributed by atoms with Crippen molar-refractivity contribution >= 4 is 26.0 Å². The van der Waals surface area contributed by atoms with Crippen molar-refractivity contribution in [3.8, 4) is 0 Å². The number of hydrogen-bond acceptors (Lipinski definition) is 5. The zero-order valence-electron chi connectivity index (χ0n) is 19.1. The van der Waals surface area contributed by atoms with Crippen LogP contribution in [0.1, 0.15) is 34.3 Å². The van der Waals surface area contributed by atoms with E-state index in [0.717, 1.165) is 15.4 Å². The van der Waals surface area contributed by atoms with Gasteiger partial charge in [0.25, 0.3) is 15.9 Å². The van der Waals surface area contributed by atoms with Crippen LogP contribution in [0.25, 0.3) is 0 Å². The molecule has 3 rings (SSSR count). The maximum absolute atomic E-state index is 13.3. The van der Waals surface area contributed by atoms with E-state index < -0.39 is 26.0 Å². The number of nitrogens with zero attached hydrogens (tertiary/aromatic N) is 1. The van der Waals surface area contributed by atoms with Gasteiger partial charge in [0.1, 0.15) is 0 Å². The van der Waals surface area contributed by atoms with Crippen LogP contribution < -0.4 is 4.72 Å². The molecule has 1 N–H and O–H groups in total. The number of benzene rings is 3. The standard InChI is InChI=1S/C25H28N2O5S2/c1-20-10-14-23(15-11-20)33(29,30)26-18-6-7-19-27(25(28)22-8-4-3-5-9-22)34(31,32)24-16-12-21(2)13-17-24/h3-5,8-17,26H,6-7,18-19H2,1-2H3. The average molecular weight is 501 g/mol. The molecule has 3 aromatic rings. The van der Waals surface area contributed by atoms with Crippen molar-refractivity contribution < 1.29 is 21.6 Å². The van der Waals surface area contributed by atoms with E-state index in [1.165, 1.54) is 24.3 Å². The summed E-state index contributed by atoms with van der Waals surface area (Å²) in [6.45, 7) is 3.77. The molecule has 0 unspecified atom stereocenters. The minimum atomic E-state index is -4.08. The van der Waals surface area contributed by atoms with Crippen LogP contribution in [-0.4, -0.2) is 40.1 Å². The fourth-order valence-corrected chi connectivity index (χ4v) is 5.78. The Labute approximate surface area is 201 Å². The Hall–Kier alpha value is -3.01. The van der Waals surface area contributed by atoms with Gasteiger partial charge in [0.05, 0.1) is 9.79 Å². The first-order chi connectivity index (χ1) is 16.1. The number of sulfonamides is 2. The number of nitrogens with one attached hydrogen (secondary N) is 1. The summed E-state index contributed by atoms with van der Waals surface area (Å²) >= 11 is 0. The van der Waals surface area contributed by atoms with Crippen molar-refractivity contribution in [2.75, 3.05) is 13.1 Å². The molecule has 180 valence electrons. The van der Waals surface area contributed by atoms with Gasteiger partial charge in [-0.15, -0.1) is 0 Å². The van der Waals surface area contributed by atoms with E-state index in [-0.39, 0.29) is 28.4 Å². The average Bonchev–Trinajstić information content (AvgIpc) is 2.82. The van der Waals surface area contributed by atoms with Crippen LogP contribution in [0.15, 0.2) is 88.7 Å². The van der Waals surface area contributed by atoms with Crippen LogP contribution in [0, 0.1) is 13.8 Å². The highest BCUT2D eigenvalue weighted by Crippen LogP contribution is 2.20. The third-order valence-corrected chi connectivity index (χ3v) is 8.54. The van der Waals surface area contributed by atoms with Crippen LogP contribution in [-0.2, 0) is 20.0 Å². The number of rotatable bonds is 10. The highest BCUT2D eigenvalue weighted by Gasteiger charge is 2.29. The largest absolute Gasteiger partial charge is 0.268 e. The van der Waals surface area contributed by atoms with Gasteiger partial charge < -0.3 is 0 Å². The molecular formula is C25H28N2O5S2. The molecule has 0 aliphatic carbocycles. The van der Waals surface area contributed by atoms with Gasteiger partial charge >= 0.3 is 0 Å². The minimum absolute atomic E-state index is 0.0301. The number of carbonyl (C=O) groups excluding carboxylic acids is 1. The molecule has 0 heterocycles. The van der Waals surface area contributed by atoms with Gasteiger partial charge in [-0.2, -0.15) is 0 Å². The van der Waals surface area contributed by atoms with E-state index >= 15 is 0 Å². The molecule has 1 amide bonds. The summed E-state index contributed by atoms with van der Waals surface area (Å²) in [5.74, 6) is -0.624. The second-order valence-corrected chi connectivity index (χ2v) is 11.6. The van der Waals surface area contributed by atoms with Crippen LogP contribution >= 0.6 is 0 Å². The first-order valence-corrected chi connectivity index (χ1v) is 13.8. The molecular weight excluding hydrogens is 472 g/mol. The second kappa shape index (κ2) is 10.9. The van der Waals surface area contributed by atoms with Crippen molar-refractivity contribution in [1.82, 2.24) is 9.03 Å². The number of unbranched alkanes of at least 4 members (excludes halogenated alkanes) is 1. The van der Waals surface area contributed by atoms with Crippen molar-refractivity contribution in [3.05, 3.63) is 95.6 Å². The quantitative estimate of drug-likeness (QED) is 0.426. The topological polar surface area (TPSA) is 101 Å². The Kier molecular flexibility index (Phi) is 8.24. The zero-order valence-corrected chi connectivity index (χ0v) is 20.8. The first-order valence-electron chi connectivity index (χ1n) is 10.9. The molecule has 0 aromatic heterocycles. The first kappa shape index (κ1) is 25.6. The smallest absolute Gasteiger partial charge is 0.267 e. The molecule has 0 aliphatic heterocycles. The Bertz CT molecular complexity index is 1320. The fourth-order valence-electron chi connectivity index (χ4n) is 3.28. The Morgan fingerprint density at radius 2 is 1.26 bits per heavy atom. The van der Waals surface area contributed by atoms with E-state index in [4.69, 9.17) is 0 Å². The third-order valence-electron chi connectivity index (χ3n) is 5.27. The van der Waals surface area contributed by atoms with Gasteiger partial charge in [-0.05, 0) is 63.1 Å². The zero-order chi connectivity index (χ0) is 24.8. The predicted octanol–water partition coefficient (Wildman–Crippen LogP) is 3.89. The maximum Gasteiger partial charge on any atom is 0.267 e. The van der Waals surface area contributed by atoms with Gasteiger partial charge in [0.2, 0.25) is 10.0 Å². The number of amides is 1. The van der Waals surface area contributed by atoms with Gasteiger partial charge in [-0.1, -0.05) is 53.6 Å². The van der Waals surface area contributed by atoms with Crippen molar-refractivity contribution in [1.29, 1.82) is 0 Å². The van der Waals surface area contributed by atoms with Crippen molar-refractivity contribution in [2.24, 2.45) is 0 Å². The highest BCUT2D eigenvalue weighted by molar-refractivity contribution is 7.90. The van der Waals surface area contributed by atoms with E-state index in [9.17, 15) is 21.6 Å². The summed E-state index contributed by atoms with van der Waals surface area (Å²) in [6, 6.07) is 21.0. The molecule has 34 heavy (non-hydrogen) atoms. The van der Waals surface area contributed by atoms with Crippen LogP contribution in [0.4, 0.5) is 0 Å². The predicted molar refractivity (Wildman–Crippen MR) is 131 cm³/mol. The Morgan fingerprint density at radius 3 is 1.82 bits per heavy atom. The molecule has 0 aliphatic rings. The van der Waals surface area contributed by atoms with E-state index in [1.54, 1.807) is 54.6 Å². The van der Waals surface area contributed by atoms with Crippen LogP contribution in [0.3, 0.4) is 0 Å². The van der Waals surface area contributed by atoms with Gasteiger partial charge in [-0.3, -0.25) is 4.79 Å². The van der Waals surface area contributed by atoms with Crippen molar-refractivity contribution in [3.63, 3.8) is 0 Å². The summed E-state index contributed by atoms with van der Waals surface area (Å²) in [5.41, 5.74) is 2.12. The molecule has 0 fully saturated rings. The molecule has 0 saturated heterocycles. The third kappa shape index (κ3) is 6.31. The lowest BCUT2D eigenvalue weighted by molar-refractivity contribution is 0.0860. The van der Waals surface area contributed by atoms with Gasteiger partial charge in [0, 0.05) is 18.7 Å². The lowest BCUT2D eigenvalue weighted by Crippen LogP contribution is -2.38. The minimum Gasteiger partial charge on any atom is -0.268 e. The Balaban J connectivity index is 1.70. The molecule has 0 bridgehead atoms. The molecule has 7 nitrogen and oxygen atoms in total. The molecule has 0 saturated carbocycles. The highest BCUT2D eigenvalue weighted by atomic mass is 32.2. The summed E-state index contributed by atoms with van der Waals surface area (Å²) < 4.78 is 54.8. The molecule has 0 radical (unpaired) electrons. The molecule has 9 heteroatoms. The molecule has 0 spiro atoms. The normalized spacial score (nSPS) is 11.8. The Morgan fingerprint density at radius 1 is 0.735 bits per heavy atom. The number of aryl methyl sites for hydroxylation is 2. The number of hydrogen-bond donors (Lipinski definition) is 1. The molecule has 0 atom stereocenters. The lowest BCUT2D eigenvalue weighted by atomic mass is 10.2. The monoisotopic (exact) mass is 500 g/mol. The van der Waals surface area contributed by atoms with E-state index in [2.05, 4.69) is 4.72 Å². The SMILES string of the molecule is Cc1ccc(S(=O)(=O)NCCCCN(C(=O)c2ccccc2)S(=O)(=O)c2ccc(C)cc2)cc1. The molecule has 3 aromatic carbocycles.